The van der Waals surface area contributed by atoms with Gasteiger partial charge in [-0.15, -0.1) is 0 Å². The van der Waals surface area contributed by atoms with E-state index >= 15 is 0 Å². The average Bonchev–Trinajstić information content (AvgIpc) is 2.33. The van der Waals surface area contributed by atoms with Crippen LogP contribution in [0.2, 0.25) is 0 Å². The highest BCUT2D eigenvalue weighted by atomic mass is 16.6. The van der Waals surface area contributed by atoms with Crippen LogP contribution in [0.5, 0.6) is 5.88 Å². The molecular weight excluding hydrogens is 266 g/mol. The van der Waals surface area contributed by atoms with E-state index in [1.54, 1.807) is 20.8 Å². The van der Waals surface area contributed by atoms with Crippen LogP contribution < -0.4 is 10.1 Å². The largest absolute Gasteiger partial charge is 0.481 e. The molecule has 0 aliphatic rings. The first kappa shape index (κ1) is 15.7. The van der Waals surface area contributed by atoms with Crippen molar-refractivity contribution in [3.8, 4) is 5.88 Å². The summed E-state index contributed by atoms with van der Waals surface area (Å²) in [4.78, 5) is 25.5. The number of methoxy groups -OCH3 is 1. The van der Waals surface area contributed by atoms with Gasteiger partial charge in [-0.25, -0.2) is 9.78 Å². The van der Waals surface area contributed by atoms with Crippen LogP contribution >= 0.6 is 0 Å². The van der Waals surface area contributed by atoms with Gasteiger partial charge in [0.2, 0.25) is 5.88 Å². The Kier molecular flexibility index (Phi) is 4.84. The van der Waals surface area contributed by atoms with Crippen molar-refractivity contribution in [1.29, 1.82) is 0 Å². The minimum Gasteiger partial charge on any atom is -0.481 e. The first-order chi connectivity index (χ1) is 9.23. The van der Waals surface area contributed by atoms with Crippen LogP contribution in [0, 0.1) is 10.1 Å². The molecular formula is C12H17N3O5. The van der Waals surface area contributed by atoms with Gasteiger partial charge in [-0.2, -0.15) is 0 Å². The van der Waals surface area contributed by atoms with E-state index in [0.717, 1.165) is 6.20 Å². The second-order valence-corrected chi connectivity index (χ2v) is 4.97. The summed E-state index contributed by atoms with van der Waals surface area (Å²) in [5, 5.41) is 13.2. The Bertz CT molecular complexity index is 510. The summed E-state index contributed by atoms with van der Waals surface area (Å²) in [6, 6.07) is 1.29. The van der Waals surface area contributed by atoms with Crippen molar-refractivity contribution in [2.24, 2.45) is 0 Å². The molecule has 8 heteroatoms. The third kappa shape index (κ3) is 4.71. The fourth-order valence-corrected chi connectivity index (χ4v) is 1.38. The van der Waals surface area contributed by atoms with Crippen molar-refractivity contribution >= 4 is 11.8 Å². The zero-order valence-electron chi connectivity index (χ0n) is 11.8. The van der Waals surface area contributed by atoms with Crippen molar-refractivity contribution in [2.45, 2.75) is 32.9 Å². The van der Waals surface area contributed by atoms with Crippen molar-refractivity contribution in [2.75, 3.05) is 7.11 Å². The Labute approximate surface area is 116 Å². The second-order valence-electron chi connectivity index (χ2n) is 4.97. The topological polar surface area (TPSA) is 104 Å². The number of nitro groups is 1. The third-order valence-corrected chi connectivity index (χ3v) is 2.14. The van der Waals surface area contributed by atoms with E-state index in [1.807, 2.05) is 0 Å². The smallest absolute Gasteiger partial charge is 0.407 e. The highest BCUT2D eigenvalue weighted by Gasteiger charge is 2.17. The van der Waals surface area contributed by atoms with Gasteiger partial charge in [0.05, 0.1) is 18.6 Å². The molecule has 1 rings (SSSR count). The van der Waals surface area contributed by atoms with E-state index in [9.17, 15) is 14.9 Å². The van der Waals surface area contributed by atoms with Gasteiger partial charge in [0, 0.05) is 11.6 Å². The predicted molar refractivity (Wildman–Crippen MR) is 70.5 cm³/mol. The lowest BCUT2D eigenvalue weighted by Gasteiger charge is -2.19. The number of alkyl carbamates (subject to hydrolysis) is 1. The molecule has 0 atom stereocenters. The summed E-state index contributed by atoms with van der Waals surface area (Å²) in [5.74, 6) is 0.214. The van der Waals surface area contributed by atoms with E-state index < -0.39 is 16.6 Å². The number of carbonyl (C=O) groups is 1. The molecule has 0 bridgehead atoms. The molecule has 0 saturated carbocycles. The molecule has 0 fully saturated rings. The fourth-order valence-electron chi connectivity index (χ4n) is 1.38. The molecule has 0 unspecified atom stereocenters. The molecule has 0 radical (unpaired) electrons. The van der Waals surface area contributed by atoms with Gasteiger partial charge in [0.15, 0.2) is 0 Å². The first-order valence-corrected chi connectivity index (χ1v) is 5.87. The predicted octanol–water partition coefficient (Wildman–Crippen LogP) is 2.02. The monoisotopic (exact) mass is 283 g/mol. The lowest BCUT2D eigenvalue weighted by Crippen LogP contribution is -2.32. The van der Waals surface area contributed by atoms with E-state index in [2.05, 4.69) is 10.3 Å². The molecule has 0 spiro atoms. The van der Waals surface area contributed by atoms with Crippen LogP contribution in [0.1, 0.15) is 26.3 Å². The van der Waals surface area contributed by atoms with Crippen LogP contribution in [-0.4, -0.2) is 28.7 Å². The number of hydrogen-bond donors (Lipinski definition) is 1. The van der Waals surface area contributed by atoms with Crippen LogP contribution in [0.15, 0.2) is 12.3 Å². The van der Waals surface area contributed by atoms with Crippen molar-refractivity contribution in [1.82, 2.24) is 10.3 Å². The minimum atomic E-state index is -0.619. The van der Waals surface area contributed by atoms with Gasteiger partial charge in [-0.05, 0) is 20.8 Å². The number of aromatic nitrogens is 1. The number of hydrogen-bond acceptors (Lipinski definition) is 6. The summed E-state index contributed by atoms with van der Waals surface area (Å²) >= 11 is 0. The van der Waals surface area contributed by atoms with Crippen LogP contribution in [0.4, 0.5) is 10.5 Å². The molecule has 1 aromatic rings. The van der Waals surface area contributed by atoms with Gasteiger partial charge < -0.3 is 14.8 Å². The number of ether oxygens (including phenoxy) is 2. The lowest BCUT2D eigenvalue weighted by atomic mass is 10.2. The number of rotatable bonds is 4. The number of pyridine rings is 1. The van der Waals surface area contributed by atoms with Crippen molar-refractivity contribution < 1.29 is 19.2 Å². The number of nitrogens with zero attached hydrogens (tertiary/aromatic N) is 2. The molecule has 0 aromatic carbocycles. The Hall–Kier alpha value is -2.38. The number of amides is 1. The number of nitrogens with one attached hydrogen (secondary N) is 1. The lowest BCUT2D eigenvalue weighted by molar-refractivity contribution is -0.385. The minimum absolute atomic E-state index is 0.0206. The summed E-state index contributed by atoms with van der Waals surface area (Å²) in [6.45, 7) is 5.24. The van der Waals surface area contributed by atoms with E-state index in [1.165, 1.54) is 13.2 Å². The number of carbonyl (C=O) groups excluding carboxylic acids is 1. The Morgan fingerprint density at radius 3 is 2.65 bits per heavy atom. The second kappa shape index (κ2) is 6.18. The van der Waals surface area contributed by atoms with Crippen LogP contribution in [0.3, 0.4) is 0 Å². The van der Waals surface area contributed by atoms with Gasteiger partial charge in [-0.3, -0.25) is 10.1 Å². The van der Waals surface area contributed by atoms with Crippen molar-refractivity contribution in [3.63, 3.8) is 0 Å². The fraction of sp³-hybridized carbons (Fsp3) is 0.500. The molecule has 0 aliphatic carbocycles. The Morgan fingerprint density at radius 1 is 1.50 bits per heavy atom. The van der Waals surface area contributed by atoms with Crippen molar-refractivity contribution in [3.05, 3.63) is 27.9 Å². The molecule has 0 aliphatic heterocycles. The standard InChI is InChI=1S/C12H17N3O5/c1-12(2,3)20-11(16)14-6-8-5-9(15(17)18)7-13-10(8)19-4/h5,7H,6H2,1-4H3,(H,14,16). The quantitative estimate of drug-likeness (QED) is 0.669. The maximum Gasteiger partial charge on any atom is 0.407 e. The van der Waals surface area contributed by atoms with E-state index in [-0.39, 0.29) is 18.1 Å². The van der Waals surface area contributed by atoms with E-state index in [4.69, 9.17) is 9.47 Å². The molecule has 1 heterocycles. The molecule has 110 valence electrons. The van der Waals surface area contributed by atoms with Crippen LogP contribution in [0.25, 0.3) is 0 Å². The average molecular weight is 283 g/mol. The summed E-state index contributed by atoms with van der Waals surface area (Å²) in [6.07, 6.45) is 0.474. The molecule has 1 N–H and O–H groups in total. The Balaban J connectivity index is 2.78. The Morgan fingerprint density at radius 2 is 2.15 bits per heavy atom. The third-order valence-electron chi connectivity index (χ3n) is 2.14. The summed E-state index contributed by atoms with van der Waals surface area (Å²) in [7, 11) is 1.39. The molecule has 1 amide bonds. The van der Waals surface area contributed by atoms with E-state index in [0.29, 0.717) is 5.56 Å². The summed E-state index contributed by atoms with van der Waals surface area (Å²) in [5.41, 5.74) is -0.394. The molecule has 0 saturated heterocycles. The SMILES string of the molecule is COc1ncc([N+](=O)[O-])cc1CNC(=O)OC(C)(C)C. The van der Waals surface area contributed by atoms with Gasteiger partial charge >= 0.3 is 6.09 Å². The van der Waals surface area contributed by atoms with Crippen LogP contribution in [-0.2, 0) is 11.3 Å². The maximum absolute atomic E-state index is 11.5. The maximum atomic E-state index is 11.5. The van der Waals surface area contributed by atoms with Gasteiger partial charge in [0.1, 0.15) is 11.8 Å². The molecule has 1 aromatic heterocycles. The summed E-state index contributed by atoms with van der Waals surface area (Å²) < 4.78 is 10.1. The molecule has 8 nitrogen and oxygen atoms in total. The van der Waals surface area contributed by atoms with Gasteiger partial charge in [0.25, 0.3) is 5.69 Å². The highest BCUT2D eigenvalue weighted by molar-refractivity contribution is 5.67. The molecule has 20 heavy (non-hydrogen) atoms. The van der Waals surface area contributed by atoms with Gasteiger partial charge in [-0.1, -0.05) is 0 Å². The zero-order chi connectivity index (χ0) is 15.3. The first-order valence-electron chi connectivity index (χ1n) is 5.87. The zero-order valence-corrected chi connectivity index (χ0v) is 11.8. The normalized spacial score (nSPS) is 10.8. The highest BCUT2D eigenvalue weighted by Crippen LogP contribution is 2.20.